The van der Waals surface area contributed by atoms with Crippen molar-refractivity contribution in [1.29, 1.82) is 0 Å². The van der Waals surface area contributed by atoms with Crippen LogP contribution >= 0.6 is 0 Å². The van der Waals surface area contributed by atoms with E-state index in [9.17, 15) is 0 Å². The van der Waals surface area contributed by atoms with E-state index in [4.69, 9.17) is 5.84 Å². The van der Waals surface area contributed by atoms with E-state index in [1.54, 1.807) is 0 Å². The molecule has 6 heteroatoms. The Hall–Kier alpha value is -2.08. The second-order valence-electron chi connectivity index (χ2n) is 5.30. The summed E-state index contributed by atoms with van der Waals surface area (Å²) >= 11 is 0. The molecule has 0 bridgehead atoms. The molecule has 20 heavy (non-hydrogen) atoms. The fourth-order valence-electron chi connectivity index (χ4n) is 2.68. The van der Waals surface area contributed by atoms with E-state index in [2.05, 4.69) is 25.7 Å². The number of hydrogen-bond donors (Lipinski definition) is 4. The van der Waals surface area contributed by atoms with Crippen LogP contribution < -0.4 is 16.5 Å². The van der Waals surface area contributed by atoms with Gasteiger partial charge >= 0.3 is 0 Å². The molecule has 1 aliphatic carbocycles. The lowest BCUT2D eigenvalue weighted by Gasteiger charge is -2.36. The van der Waals surface area contributed by atoms with Gasteiger partial charge in [0.05, 0.1) is 11.4 Å². The van der Waals surface area contributed by atoms with Gasteiger partial charge in [-0.15, -0.1) is 0 Å². The standard InChI is InChI=1S/C14H20N6/c1-8(20-15)12-7-18-14-11(3-4-17-14)13(12)19-10-5-9(6-10)16-2/h3-4,7,9-10,16H,5-6,15H2,1-2H3,(H2,17,18,19)/b20-8+. The number of H-pyrrole nitrogens is 1. The highest BCUT2D eigenvalue weighted by Crippen LogP contribution is 2.31. The first-order valence-corrected chi connectivity index (χ1v) is 6.87. The number of hydrazone groups is 1. The van der Waals surface area contributed by atoms with Crippen molar-refractivity contribution in [3.63, 3.8) is 0 Å². The maximum absolute atomic E-state index is 5.43. The molecule has 0 amide bonds. The first kappa shape index (κ1) is 12.9. The number of rotatable bonds is 4. The van der Waals surface area contributed by atoms with Crippen LogP contribution in [-0.2, 0) is 0 Å². The molecule has 0 saturated heterocycles. The van der Waals surface area contributed by atoms with E-state index in [-0.39, 0.29) is 0 Å². The molecule has 0 atom stereocenters. The van der Waals surface area contributed by atoms with E-state index in [1.807, 2.05) is 32.4 Å². The first-order chi connectivity index (χ1) is 9.72. The summed E-state index contributed by atoms with van der Waals surface area (Å²) in [4.78, 5) is 7.55. The van der Waals surface area contributed by atoms with Crippen LogP contribution in [0, 0.1) is 0 Å². The molecule has 106 valence electrons. The van der Waals surface area contributed by atoms with Gasteiger partial charge in [0.1, 0.15) is 5.65 Å². The Morgan fingerprint density at radius 1 is 1.45 bits per heavy atom. The molecular formula is C14H20N6. The molecule has 0 spiro atoms. The van der Waals surface area contributed by atoms with Crippen LogP contribution in [0.3, 0.4) is 0 Å². The summed E-state index contributed by atoms with van der Waals surface area (Å²) in [5.41, 5.74) is 3.70. The van der Waals surface area contributed by atoms with Crippen LogP contribution in [-0.4, -0.2) is 34.8 Å². The van der Waals surface area contributed by atoms with Crippen LogP contribution in [0.4, 0.5) is 5.69 Å². The predicted octanol–water partition coefficient (Wildman–Crippen LogP) is 1.41. The summed E-state index contributed by atoms with van der Waals surface area (Å²) in [6.45, 7) is 1.90. The van der Waals surface area contributed by atoms with Crippen molar-refractivity contribution < 1.29 is 0 Å². The molecule has 2 aromatic heterocycles. The molecule has 3 rings (SSSR count). The quantitative estimate of drug-likeness (QED) is 0.385. The molecule has 1 aliphatic rings. The van der Waals surface area contributed by atoms with Crippen LogP contribution in [0.25, 0.3) is 11.0 Å². The smallest absolute Gasteiger partial charge is 0.139 e. The lowest BCUT2D eigenvalue weighted by Crippen LogP contribution is -2.46. The topological polar surface area (TPSA) is 91.1 Å². The van der Waals surface area contributed by atoms with Crippen molar-refractivity contribution >= 4 is 22.4 Å². The number of anilines is 1. The fourth-order valence-corrected chi connectivity index (χ4v) is 2.68. The molecule has 1 saturated carbocycles. The van der Waals surface area contributed by atoms with Gasteiger partial charge in [-0.25, -0.2) is 4.98 Å². The van der Waals surface area contributed by atoms with Gasteiger partial charge in [0.2, 0.25) is 0 Å². The summed E-state index contributed by atoms with van der Waals surface area (Å²) < 4.78 is 0. The summed E-state index contributed by atoms with van der Waals surface area (Å²) in [6, 6.07) is 3.13. The largest absolute Gasteiger partial charge is 0.381 e. The van der Waals surface area contributed by atoms with E-state index in [0.717, 1.165) is 40.8 Å². The zero-order chi connectivity index (χ0) is 14.1. The molecule has 5 N–H and O–H groups in total. The van der Waals surface area contributed by atoms with Crippen molar-refractivity contribution in [2.45, 2.75) is 31.8 Å². The molecule has 1 fully saturated rings. The molecule has 0 radical (unpaired) electrons. The van der Waals surface area contributed by atoms with Gasteiger partial charge in [-0.2, -0.15) is 5.10 Å². The SMILES string of the molecule is CNC1CC(Nc2c(/C(C)=N/N)cnc3[nH]ccc23)C1. The number of hydrogen-bond acceptors (Lipinski definition) is 5. The van der Waals surface area contributed by atoms with Gasteiger partial charge < -0.3 is 21.5 Å². The van der Waals surface area contributed by atoms with Crippen LogP contribution in [0.15, 0.2) is 23.6 Å². The Morgan fingerprint density at radius 3 is 2.95 bits per heavy atom. The average Bonchev–Trinajstić information content (AvgIpc) is 2.89. The van der Waals surface area contributed by atoms with Gasteiger partial charge in [-0.05, 0) is 32.9 Å². The second-order valence-corrected chi connectivity index (χ2v) is 5.30. The minimum atomic E-state index is 0.484. The molecule has 2 aromatic rings. The monoisotopic (exact) mass is 272 g/mol. The molecule has 0 aromatic carbocycles. The van der Waals surface area contributed by atoms with Gasteiger partial charge in [-0.3, -0.25) is 0 Å². The number of nitrogens with one attached hydrogen (secondary N) is 3. The van der Waals surface area contributed by atoms with Gasteiger partial charge in [0.25, 0.3) is 0 Å². The zero-order valence-electron chi connectivity index (χ0n) is 11.8. The summed E-state index contributed by atoms with van der Waals surface area (Å²) in [7, 11) is 2.01. The molecule has 2 heterocycles. The number of nitrogens with two attached hydrogens (primary N) is 1. The number of pyridine rings is 1. The Morgan fingerprint density at radius 2 is 2.25 bits per heavy atom. The maximum Gasteiger partial charge on any atom is 0.139 e. The molecular weight excluding hydrogens is 252 g/mol. The highest BCUT2D eigenvalue weighted by Gasteiger charge is 2.28. The first-order valence-electron chi connectivity index (χ1n) is 6.87. The van der Waals surface area contributed by atoms with Crippen molar-refractivity contribution in [3.05, 3.63) is 24.0 Å². The zero-order valence-corrected chi connectivity index (χ0v) is 11.8. The third-order valence-electron chi connectivity index (χ3n) is 4.06. The van der Waals surface area contributed by atoms with Crippen LogP contribution in [0.1, 0.15) is 25.3 Å². The summed E-state index contributed by atoms with van der Waals surface area (Å²) in [6.07, 6.45) is 5.98. The van der Waals surface area contributed by atoms with Crippen molar-refractivity contribution in [2.24, 2.45) is 10.9 Å². The molecule has 6 nitrogen and oxygen atoms in total. The number of aromatic amines is 1. The van der Waals surface area contributed by atoms with Crippen molar-refractivity contribution in [2.75, 3.05) is 12.4 Å². The highest BCUT2D eigenvalue weighted by molar-refractivity contribution is 6.09. The highest BCUT2D eigenvalue weighted by atomic mass is 15.1. The number of nitrogens with zero attached hydrogens (tertiary/aromatic N) is 2. The Labute approximate surface area is 117 Å². The number of fused-ring (bicyclic) bond motifs is 1. The van der Waals surface area contributed by atoms with Gasteiger partial charge in [0, 0.05) is 35.4 Å². The van der Waals surface area contributed by atoms with Crippen molar-refractivity contribution in [1.82, 2.24) is 15.3 Å². The molecule has 0 aliphatic heterocycles. The van der Waals surface area contributed by atoms with E-state index in [0.29, 0.717) is 12.1 Å². The second kappa shape index (κ2) is 5.13. The maximum atomic E-state index is 5.43. The van der Waals surface area contributed by atoms with Crippen LogP contribution in [0.2, 0.25) is 0 Å². The third kappa shape index (κ3) is 2.12. The Kier molecular flexibility index (Phi) is 3.31. The summed E-state index contributed by atoms with van der Waals surface area (Å²) in [5, 5.41) is 11.8. The van der Waals surface area contributed by atoms with E-state index < -0.39 is 0 Å². The fraction of sp³-hybridized carbons (Fsp3) is 0.429. The Balaban J connectivity index is 1.95. The van der Waals surface area contributed by atoms with Crippen LogP contribution in [0.5, 0.6) is 0 Å². The summed E-state index contributed by atoms with van der Waals surface area (Å²) in [5.74, 6) is 5.43. The normalized spacial score (nSPS) is 22.8. The van der Waals surface area contributed by atoms with E-state index in [1.165, 1.54) is 0 Å². The lowest BCUT2D eigenvalue weighted by atomic mass is 9.86. The van der Waals surface area contributed by atoms with E-state index >= 15 is 0 Å². The predicted molar refractivity (Wildman–Crippen MR) is 82.0 cm³/mol. The van der Waals surface area contributed by atoms with Gasteiger partial charge in [-0.1, -0.05) is 0 Å². The lowest BCUT2D eigenvalue weighted by molar-refractivity contribution is 0.326. The van der Waals surface area contributed by atoms with Gasteiger partial charge in [0.15, 0.2) is 0 Å². The van der Waals surface area contributed by atoms with Crippen molar-refractivity contribution in [3.8, 4) is 0 Å². The third-order valence-corrected chi connectivity index (χ3v) is 4.06. The number of aromatic nitrogens is 2. The molecule has 0 unspecified atom stereocenters. The minimum Gasteiger partial charge on any atom is -0.381 e. The average molecular weight is 272 g/mol. The Bertz CT molecular complexity index is 638. The minimum absolute atomic E-state index is 0.484.